The first-order valence-electron chi connectivity index (χ1n) is 11.3. The molecule has 8 heteroatoms. The molecule has 6 nitrogen and oxygen atoms in total. The molecule has 2 saturated heterocycles. The van der Waals surface area contributed by atoms with Gasteiger partial charge in [0.1, 0.15) is 5.82 Å². The van der Waals surface area contributed by atoms with Crippen LogP contribution in [0.1, 0.15) is 31.2 Å². The number of nitrogens with one attached hydrogen (secondary N) is 2. The van der Waals surface area contributed by atoms with Crippen molar-refractivity contribution in [3.63, 3.8) is 0 Å². The molecule has 2 aliphatic rings. The van der Waals surface area contributed by atoms with Crippen LogP contribution in [0.15, 0.2) is 29.3 Å². The van der Waals surface area contributed by atoms with Gasteiger partial charge < -0.3 is 20.1 Å². The van der Waals surface area contributed by atoms with Crippen molar-refractivity contribution in [1.82, 2.24) is 15.5 Å². The number of likely N-dealkylation sites (tertiary alicyclic amines) is 1. The Morgan fingerprint density at radius 3 is 2.71 bits per heavy atom. The van der Waals surface area contributed by atoms with Gasteiger partial charge >= 0.3 is 0 Å². The molecule has 0 saturated carbocycles. The number of guanidine groups is 1. The van der Waals surface area contributed by atoms with E-state index >= 15 is 0 Å². The van der Waals surface area contributed by atoms with E-state index < -0.39 is 0 Å². The summed E-state index contributed by atoms with van der Waals surface area (Å²) < 4.78 is 24.9. The van der Waals surface area contributed by atoms with E-state index in [1.54, 1.807) is 12.1 Å². The first-order chi connectivity index (χ1) is 14.7. The van der Waals surface area contributed by atoms with Gasteiger partial charge in [0.05, 0.1) is 13.2 Å². The summed E-state index contributed by atoms with van der Waals surface area (Å²) in [7, 11) is 1.81. The fourth-order valence-electron chi connectivity index (χ4n) is 4.02. The Balaban J connectivity index is 0.00000341. The summed E-state index contributed by atoms with van der Waals surface area (Å²) in [4.78, 5) is 6.67. The Bertz CT molecular complexity index is 650. The van der Waals surface area contributed by atoms with Crippen LogP contribution in [0, 0.1) is 17.7 Å². The fraction of sp³-hybridized carbons (Fsp3) is 0.696. The van der Waals surface area contributed by atoms with E-state index in [2.05, 4.69) is 20.5 Å². The van der Waals surface area contributed by atoms with Gasteiger partial charge in [0.15, 0.2) is 5.96 Å². The van der Waals surface area contributed by atoms with E-state index in [1.165, 1.54) is 0 Å². The summed E-state index contributed by atoms with van der Waals surface area (Å²) in [6.07, 6.45) is 4.33. The smallest absolute Gasteiger partial charge is 0.190 e. The van der Waals surface area contributed by atoms with E-state index in [0.29, 0.717) is 18.4 Å². The zero-order valence-corrected chi connectivity index (χ0v) is 21.0. The molecule has 0 spiro atoms. The monoisotopic (exact) mass is 548 g/mol. The van der Waals surface area contributed by atoms with Crippen LogP contribution in [0.25, 0.3) is 0 Å². The second-order valence-corrected chi connectivity index (χ2v) is 8.35. The Labute approximate surface area is 203 Å². The van der Waals surface area contributed by atoms with Crippen molar-refractivity contribution in [2.45, 2.75) is 32.2 Å². The van der Waals surface area contributed by atoms with Crippen LogP contribution < -0.4 is 10.6 Å². The van der Waals surface area contributed by atoms with Gasteiger partial charge in [-0.05, 0) is 50.8 Å². The average Bonchev–Trinajstić information content (AvgIpc) is 3.29. The first kappa shape index (κ1) is 26.3. The number of ether oxygens (including phenoxy) is 2. The van der Waals surface area contributed by atoms with Crippen molar-refractivity contribution in [2.24, 2.45) is 16.8 Å². The van der Waals surface area contributed by atoms with Crippen molar-refractivity contribution < 1.29 is 13.9 Å². The van der Waals surface area contributed by atoms with Crippen molar-refractivity contribution in [2.75, 3.05) is 59.7 Å². The number of benzene rings is 1. The summed E-state index contributed by atoms with van der Waals surface area (Å²) in [5.74, 6) is 1.95. The molecule has 0 bridgehead atoms. The Morgan fingerprint density at radius 2 is 2.00 bits per heavy atom. The second-order valence-electron chi connectivity index (χ2n) is 8.35. The van der Waals surface area contributed by atoms with Crippen LogP contribution >= 0.6 is 24.0 Å². The zero-order chi connectivity index (χ0) is 21.0. The highest BCUT2D eigenvalue weighted by molar-refractivity contribution is 14.0. The van der Waals surface area contributed by atoms with Gasteiger partial charge in [0.25, 0.3) is 0 Å². The third kappa shape index (κ3) is 9.59. The van der Waals surface area contributed by atoms with E-state index in [9.17, 15) is 4.39 Å². The predicted molar refractivity (Wildman–Crippen MR) is 134 cm³/mol. The number of hydrogen-bond donors (Lipinski definition) is 2. The van der Waals surface area contributed by atoms with Gasteiger partial charge in [-0.2, -0.15) is 0 Å². The van der Waals surface area contributed by atoms with Gasteiger partial charge in [0, 0.05) is 51.4 Å². The maximum atomic E-state index is 13.8. The molecule has 3 rings (SSSR count). The van der Waals surface area contributed by atoms with Crippen LogP contribution in [0.5, 0.6) is 0 Å². The molecule has 2 aliphatic heterocycles. The summed E-state index contributed by atoms with van der Waals surface area (Å²) >= 11 is 0. The number of halogens is 2. The summed E-state index contributed by atoms with van der Waals surface area (Å²) in [6, 6.07) is 7.08. The Morgan fingerprint density at radius 1 is 1.19 bits per heavy atom. The van der Waals surface area contributed by atoms with Gasteiger partial charge in [-0.15, -0.1) is 24.0 Å². The van der Waals surface area contributed by atoms with Gasteiger partial charge in [-0.3, -0.25) is 9.89 Å². The molecule has 1 unspecified atom stereocenters. The first-order valence-corrected chi connectivity index (χ1v) is 11.3. The van der Waals surface area contributed by atoms with Crippen LogP contribution in [0.3, 0.4) is 0 Å². The van der Waals surface area contributed by atoms with Crippen molar-refractivity contribution in [3.05, 3.63) is 35.6 Å². The van der Waals surface area contributed by atoms with E-state index in [4.69, 9.17) is 9.47 Å². The molecule has 0 radical (unpaired) electrons. The number of rotatable bonds is 10. The number of nitrogens with zero attached hydrogens (tertiary/aromatic N) is 2. The lowest BCUT2D eigenvalue weighted by Crippen LogP contribution is -2.43. The maximum absolute atomic E-state index is 13.8. The standard InChI is InChI=1S/C23H37FN4O2.HI/c1-25-23(26-10-4-13-29-17-20-9-14-30-18-20)27-15-19-7-11-28(12-8-19)16-21-5-2-3-6-22(21)24;/h2-3,5-6,19-20H,4,7-18H2,1H3,(H2,25,26,27);1H. The fourth-order valence-corrected chi connectivity index (χ4v) is 4.02. The largest absolute Gasteiger partial charge is 0.381 e. The third-order valence-corrected chi connectivity index (χ3v) is 5.98. The van der Waals surface area contributed by atoms with Crippen LogP contribution in [0.2, 0.25) is 0 Å². The predicted octanol–water partition coefficient (Wildman–Crippen LogP) is 3.26. The summed E-state index contributed by atoms with van der Waals surface area (Å²) in [5.41, 5.74) is 0.791. The molecule has 31 heavy (non-hydrogen) atoms. The topological polar surface area (TPSA) is 58.1 Å². The summed E-state index contributed by atoms with van der Waals surface area (Å²) in [5, 5.41) is 6.82. The van der Waals surface area contributed by atoms with Gasteiger partial charge in [0.2, 0.25) is 0 Å². The Hall–Kier alpha value is -0.970. The normalized spacial score (nSPS) is 20.5. The number of aliphatic imine (C=N–C) groups is 1. The molecule has 2 fully saturated rings. The van der Waals surface area contributed by atoms with Crippen molar-refractivity contribution >= 4 is 29.9 Å². The molecular formula is C23H38FIN4O2. The highest BCUT2D eigenvalue weighted by Crippen LogP contribution is 2.19. The molecule has 1 atom stereocenters. The third-order valence-electron chi connectivity index (χ3n) is 5.98. The maximum Gasteiger partial charge on any atom is 0.190 e. The minimum Gasteiger partial charge on any atom is -0.381 e. The molecule has 0 aromatic heterocycles. The van der Waals surface area contributed by atoms with E-state index in [1.807, 2.05) is 19.2 Å². The highest BCUT2D eigenvalue weighted by Gasteiger charge is 2.20. The quantitative estimate of drug-likeness (QED) is 0.204. The van der Waals surface area contributed by atoms with Crippen LogP contribution in [-0.2, 0) is 16.0 Å². The lowest BCUT2D eigenvalue weighted by Gasteiger charge is -2.32. The molecular weight excluding hydrogens is 510 g/mol. The molecule has 1 aromatic carbocycles. The average molecular weight is 548 g/mol. The molecule has 2 N–H and O–H groups in total. The second kappa shape index (κ2) is 15.0. The number of piperidine rings is 1. The zero-order valence-electron chi connectivity index (χ0n) is 18.7. The van der Waals surface area contributed by atoms with Crippen molar-refractivity contribution in [1.29, 1.82) is 0 Å². The SMILES string of the molecule is CN=C(NCCCOCC1CCOC1)NCC1CCN(Cc2ccccc2F)CC1.I. The lowest BCUT2D eigenvalue weighted by molar-refractivity contribution is 0.0888. The molecule has 0 amide bonds. The Kier molecular flexibility index (Phi) is 12.7. The van der Waals surface area contributed by atoms with Crippen molar-refractivity contribution in [3.8, 4) is 0 Å². The molecule has 176 valence electrons. The minimum absolute atomic E-state index is 0. The number of hydrogen-bond acceptors (Lipinski definition) is 4. The molecule has 1 aromatic rings. The lowest BCUT2D eigenvalue weighted by atomic mass is 9.96. The van der Waals surface area contributed by atoms with E-state index in [-0.39, 0.29) is 29.8 Å². The van der Waals surface area contributed by atoms with Gasteiger partial charge in [-0.25, -0.2) is 4.39 Å². The van der Waals surface area contributed by atoms with Crippen LogP contribution in [-0.4, -0.2) is 70.5 Å². The summed E-state index contributed by atoms with van der Waals surface area (Å²) in [6.45, 7) is 7.79. The van der Waals surface area contributed by atoms with Crippen LogP contribution in [0.4, 0.5) is 4.39 Å². The van der Waals surface area contributed by atoms with Gasteiger partial charge in [-0.1, -0.05) is 18.2 Å². The molecule has 2 heterocycles. The van der Waals surface area contributed by atoms with E-state index in [0.717, 1.165) is 89.8 Å². The highest BCUT2D eigenvalue weighted by atomic mass is 127. The molecule has 0 aliphatic carbocycles. The minimum atomic E-state index is -0.103.